The summed E-state index contributed by atoms with van der Waals surface area (Å²) in [6.07, 6.45) is 0. The fourth-order valence-corrected chi connectivity index (χ4v) is 4.37. The molecular weight excluding hydrogens is 416 g/mol. The third kappa shape index (κ3) is 4.26. The fourth-order valence-electron chi connectivity index (χ4n) is 3.09. The first-order valence-electron chi connectivity index (χ1n) is 9.47. The zero-order chi connectivity index (χ0) is 22.2. The van der Waals surface area contributed by atoms with Crippen LogP contribution < -0.4 is 11.7 Å². The van der Waals surface area contributed by atoms with E-state index < -0.39 is 21.3 Å². The molecule has 10 nitrogen and oxygen atoms in total. The predicted octanol–water partition coefficient (Wildman–Crippen LogP) is 1.36. The number of sulfone groups is 1. The molecule has 0 aliphatic rings. The summed E-state index contributed by atoms with van der Waals surface area (Å²) < 4.78 is 27.9. The lowest BCUT2D eigenvalue weighted by atomic mass is 10.1. The Kier molecular flexibility index (Phi) is 5.19. The first kappa shape index (κ1) is 20.5. The van der Waals surface area contributed by atoms with Gasteiger partial charge in [-0.05, 0) is 13.8 Å². The Morgan fingerprint density at radius 1 is 0.677 bits per heavy atom. The van der Waals surface area contributed by atoms with Gasteiger partial charge in [0, 0.05) is 11.1 Å². The molecule has 0 saturated carbocycles. The van der Waals surface area contributed by atoms with Crippen LogP contribution in [0.5, 0.6) is 0 Å². The number of rotatable bonds is 6. The van der Waals surface area contributed by atoms with Crippen molar-refractivity contribution >= 4 is 9.84 Å². The van der Waals surface area contributed by atoms with Crippen LogP contribution in [-0.4, -0.2) is 38.2 Å². The maximum Gasteiger partial charge on any atom is 0.182 e. The molecule has 0 spiro atoms. The molecule has 160 valence electrons. The van der Waals surface area contributed by atoms with Crippen molar-refractivity contribution in [3.63, 3.8) is 0 Å². The summed E-state index contributed by atoms with van der Waals surface area (Å²) in [6.45, 7) is 3.94. The van der Waals surface area contributed by atoms with Crippen LogP contribution in [0.1, 0.15) is 22.8 Å². The number of hydrogen-bond donors (Lipinski definition) is 2. The van der Waals surface area contributed by atoms with E-state index in [0.717, 1.165) is 22.3 Å². The van der Waals surface area contributed by atoms with Gasteiger partial charge in [0.05, 0.1) is 0 Å². The molecular formula is C20H22N8O2S. The van der Waals surface area contributed by atoms with Gasteiger partial charge in [-0.25, -0.2) is 17.8 Å². The molecule has 4 aromatic rings. The lowest BCUT2D eigenvalue weighted by Gasteiger charge is -2.07. The predicted molar refractivity (Wildman–Crippen MR) is 117 cm³/mol. The van der Waals surface area contributed by atoms with E-state index in [-0.39, 0.29) is 11.6 Å². The molecule has 2 heterocycles. The van der Waals surface area contributed by atoms with Crippen LogP contribution in [0, 0.1) is 13.8 Å². The van der Waals surface area contributed by atoms with Gasteiger partial charge in [-0.2, -0.15) is 0 Å². The van der Waals surface area contributed by atoms with Gasteiger partial charge in [0.25, 0.3) is 0 Å². The minimum absolute atomic E-state index is 0.123. The summed E-state index contributed by atoms with van der Waals surface area (Å²) in [5, 5.41) is 16.0. The Balaban J connectivity index is 1.54. The third-order valence-electron chi connectivity index (χ3n) is 4.85. The molecule has 0 aliphatic carbocycles. The average molecular weight is 439 g/mol. The summed E-state index contributed by atoms with van der Waals surface area (Å²) in [6, 6.07) is 15.1. The van der Waals surface area contributed by atoms with Crippen molar-refractivity contribution in [1.29, 1.82) is 0 Å². The van der Waals surface area contributed by atoms with Gasteiger partial charge in [0.15, 0.2) is 33.1 Å². The highest BCUT2D eigenvalue weighted by molar-refractivity contribution is 7.89. The molecule has 0 atom stereocenters. The number of aryl methyl sites for hydroxylation is 2. The lowest BCUT2D eigenvalue weighted by Crippen LogP contribution is -2.21. The van der Waals surface area contributed by atoms with E-state index in [0.29, 0.717) is 11.6 Å². The van der Waals surface area contributed by atoms with Crippen molar-refractivity contribution in [3.8, 4) is 22.8 Å². The topological polar surface area (TPSA) is 148 Å². The highest BCUT2D eigenvalue weighted by Gasteiger charge is 2.23. The van der Waals surface area contributed by atoms with Crippen LogP contribution in [0.3, 0.4) is 0 Å². The normalized spacial score (nSPS) is 11.7. The Hall–Kier alpha value is -3.73. The molecule has 0 aliphatic heterocycles. The summed E-state index contributed by atoms with van der Waals surface area (Å²) in [5.74, 6) is 12.3. The number of hydrogen-bond acceptors (Lipinski definition) is 8. The maximum absolute atomic E-state index is 12.8. The van der Waals surface area contributed by atoms with Crippen LogP contribution in [0.2, 0.25) is 0 Å². The second-order valence-corrected chi connectivity index (χ2v) is 9.45. The van der Waals surface area contributed by atoms with Gasteiger partial charge in [-0.1, -0.05) is 59.7 Å². The van der Waals surface area contributed by atoms with E-state index in [1.165, 1.54) is 9.35 Å². The minimum Gasteiger partial charge on any atom is -0.336 e. The Morgan fingerprint density at radius 2 is 1.03 bits per heavy atom. The first-order chi connectivity index (χ1) is 14.7. The Morgan fingerprint density at radius 3 is 1.39 bits per heavy atom. The number of benzene rings is 2. The van der Waals surface area contributed by atoms with Gasteiger partial charge in [-0.15, -0.1) is 20.4 Å². The average Bonchev–Trinajstić information content (AvgIpc) is 3.26. The number of nitrogens with two attached hydrogens (primary N) is 2. The molecule has 11 heteroatoms. The summed E-state index contributed by atoms with van der Waals surface area (Å²) >= 11 is 0. The molecule has 2 aromatic heterocycles. The van der Waals surface area contributed by atoms with Crippen molar-refractivity contribution in [3.05, 3.63) is 71.3 Å². The Labute approximate surface area is 179 Å². The Bertz CT molecular complexity index is 1230. The van der Waals surface area contributed by atoms with Crippen LogP contribution in [0.15, 0.2) is 48.5 Å². The molecule has 4 N–H and O–H groups in total. The monoisotopic (exact) mass is 438 g/mol. The van der Waals surface area contributed by atoms with Crippen molar-refractivity contribution in [2.24, 2.45) is 0 Å². The van der Waals surface area contributed by atoms with Crippen molar-refractivity contribution in [2.45, 2.75) is 25.4 Å². The number of nitrogens with zero attached hydrogens (tertiary/aromatic N) is 6. The van der Waals surface area contributed by atoms with Gasteiger partial charge in [-0.3, -0.25) is 0 Å². The first-order valence-corrected chi connectivity index (χ1v) is 11.3. The van der Waals surface area contributed by atoms with Crippen LogP contribution in [-0.2, 0) is 21.3 Å². The molecule has 31 heavy (non-hydrogen) atoms. The fraction of sp³-hybridized carbons (Fsp3) is 0.200. The zero-order valence-electron chi connectivity index (χ0n) is 17.1. The molecule has 0 amide bonds. The maximum atomic E-state index is 12.8. The van der Waals surface area contributed by atoms with E-state index in [9.17, 15) is 8.42 Å². The quantitative estimate of drug-likeness (QED) is 0.429. The highest BCUT2D eigenvalue weighted by atomic mass is 32.2. The van der Waals surface area contributed by atoms with Crippen LogP contribution in [0.4, 0.5) is 0 Å². The second-order valence-electron chi connectivity index (χ2n) is 7.38. The summed E-state index contributed by atoms with van der Waals surface area (Å²) in [4.78, 5) is 0. The van der Waals surface area contributed by atoms with Crippen molar-refractivity contribution in [1.82, 2.24) is 29.7 Å². The summed E-state index contributed by atoms with van der Waals surface area (Å²) in [7, 11) is -3.69. The van der Waals surface area contributed by atoms with E-state index in [4.69, 9.17) is 11.7 Å². The smallest absolute Gasteiger partial charge is 0.182 e. The van der Waals surface area contributed by atoms with Crippen LogP contribution >= 0.6 is 0 Å². The zero-order valence-corrected chi connectivity index (χ0v) is 17.9. The lowest BCUT2D eigenvalue weighted by molar-refractivity contribution is 0.589. The molecule has 0 saturated heterocycles. The van der Waals surface area contributed by atoms with Crippen LogP contribution in [0.25, 0.3) is 22.8 Å². The van der Waals surface area contributed by atoms with E-state index in [1.807, 2.05) is 62.4 Å². The van der Waals surface area contributed by atoms with E-state index in [1.54, 1.807) is 0 Å². The van der Waals surface area contributed by atoms with Crippen molar-refractivity contribution < 1.29 is 8.42 Å². The third-order valence-corrected chi connectivity index (χ3v) is 6.25. The van der Waals surface area contributed by atoms with Gasteiger partial charge >= 0.3 is 0 Å². The largest absolute Gasteiger partial charge is 0.336 e. The van der Waals surface area contributed by atoms with Gasteiger partial charge in [0.2, 0.25) is 0 Å². The molecule has 0 fully saturated rings. The SMILES string of the molecule is Cc1ccc(-c2nnc(CS(=O)(=O)Cc3nnc(-c4ccc(C)cc4)n3N)n2N)cc1. The standard InChI is InChI=1S/C20H22N8O2S/c1-13-3-7-15(8-4-13)19-25-23-17(27(19)21)11-31(29,30)12-18-24-26-20(28(18)22)16-9-5-14(2)6-10-16/h3-10H,11-12,21-22H2,1-2H3. The molecule has 0 unspecified atom stereocenters. The van der Waals surface area contributed by atoms with E-state index in [2.05, 4.69) is 20.4 Å². The number of nitrogen functional groups attached to an aromatic ring is 2. The van der Waals surface area contributed by atoms with Crippen molar-refractivity contribution in [2.75, 3.05) is 11.7 Å². The summed E-state index contributed by atoms with van der Waals surface area (Å²) in [5.41, 5.74) is 3.67. The minimum atomic E-state index is -3.69. The molecule has 4 rings (SSSR count). The highest BCUT2D eigenvalue weighted by Crippen LogP contribution is 2.20. The number of aromatic nitrogens is 6. The van der Waals surface area contributed by atoms with Gasteiger partial charge < -0.3 is 11.7 Å². The van der Waals surface area contributed by atoms with Gasteiger partial charge in [0.1, 0.15) is 11.5 Å². The molecule has 2 aromatic carbocycles. The molecule has 0 radical (unpaired) electrons. The second kappa shape index (κ2) is 7.84. The molecule has 0 bridgehead atoms. The van der Waals surface area contributed by atoms with E-state index >= 15 is 0 Å².